The maximum absolute atomic E-state index is 12.0. The third kappa shape index (κ3) is 7.25. The van der Waals surface area contributed by atoms with Gasteiger partial charge in [-0.05, 0) is 19.3 Å². The number of nitrogens with zero attached hydrogens (tertiary/aromatic N) is 1. The third-order valence-electron chi connectivity index (χ3n) is 4.09. The van der Waals surface area contributed by atoms with Gasteiger partial charge >= 0.3 is 0 Å². The van der Waals surface area contributed by atoms with Crippen molar-refractivity contribution in [3.63, 3.8) is 0 Å². The number of hydrogen-bond donors (Lipinski definition) is 2. The third-order valence-corrected chi connectivity index (χ3v) is 4.09. The van der Waals surface area contributed by atoms with Gasteiger partial charge in [0.1, 0.15) is 0 Å². The van der Waals surface area contributed by atoms with E-state index in [1.807, 2.05) is 6.92 Å². The monoisotopic (exact) mass is 283 g/mol. The fourth-order valence-corrected chi connectivity index (χ4v) is 2.63. The Morgan fingerprint density at radius 2 is 1.75 bits per heavy atom. The molecule has 2 N–H and O–H groups in total. The number of carbonyl (C=O) groups is 1. The molecule has 1 aliphatic heterocycles. The molecule has 1 saturated heterocycles. The molecule has 4 nitrogen and oxygen atoms in total. The van der Waals surface area contributed by atoms with Gasteiger partial charge in [-0.15, -0.1) is 0 Å². The first-order chi connectivity index (χ1) is 9.61. The molecule has 1 amide bonds. The smallest absolute Gasteiger partial charge is 0.237 e. The van der Waals surface area contributed by atoms with Gasteiger partial charge in [-0.2, -0.15) is 0 Å². The van der Waals surface area contributed by atoms with E-state index in [-0.39, 0.29) is 11.9 Å². The maximum Gasteiger partial charge on any atom is 0.237 e. The topological polar surface area (TPSA) is 44.4 Å². The van der Waals surface area contributed by atoms with Gasteiger partial charge in [0.15, 0.2) is 0 Å². The van der Waals surface area contributed by atoms with Crippen LogP contribution >= 0.6 is 0 Å². The summed E-state index contributed by atoms with van der Waals surface area (Å²) in [6.45, 7) is 11.3. The first-order valence-electron chi connectivity index (χ1n) is 8.33. The standard InChI is InChI=1S/C16H33N3O/c1-14(2)8-6-4-5-7-9-18-16(20)15(3)19-12-10-17-11-13-19/h14-15,17H,4-13H2,1-3H3,(H,18,20). The van der Waals surface area contributed by atoms with E-state index in [1.54, 1.807) is 0 Å². The van der Waals surface area contributed by atoms with Crippen molar-refractivity contribution in [2.75, 3.05) is 32.7 Å². The molecule has 1 atom stereocenters. The second-order valence-electron chi connectivity index (χ2n) is 6.35. The number of unbranched alkanes of at least 4 members (excludes halogenated alkanes) is 3. The maximum atomic E-state index is 12.0. The van der Waals surface area contributed by atoms with Crippen LogP contribution in [0.2, 0.25) is 0 Å². The zero-order chi connectivity index (χ0) is 14.8. The highest BCUT2D eigenvalue weighted by molar-refractivity contribution is 5.81. The molecule has 0 radical (unpaired) electrons. The molecule has 0 spiro atoms. The molecule has 0 aromatic rings. The molecule has 1 unspecified atom stereocenters. The molecule has 118 valence electrons. The van der Waals surface area contributed by atoms with Crippen molar-refractivity contribution in [1.82, 2.24) is 15.5 Å². The molecule has 1 fully saturated rings. The van der Waals surface area contributed by atoms with Crippen LogP contribution in [0.3, 0.4) is 0 Å². The average Bonchev–Trinajstić information content (AvgIpc) is 2.45. The highest BCUT2D eigenvalue weighted by Gasteiger charge is 2.21. The van der Waals surface area contributed by atoms with Crippen LogP contribution in [0.1, 0.15) is 52.9 Å². The van der Waals surface area contributed by atoms with E-state index >= 15 is 0 Å². The summed E-state index contributed by atoms with van der Waals surface area (Å²) < 4.78 is 0. The van der Waals surface area contributed by atoms with Crippen molar-refractivity contribution in [2.24, 2.45) is 5.92 Å². The van der Waals surface area contributed by atoms with Gasteiger partial charge in [-0.1, -0.05) is 39.5 Å². The molecule has 1 heterocycles. The molecule has 0 aromatic carbocycles. The minimum atomic E-state index is 0.0121. The lowest BCUT2D eigenvalue weighted by Gasteiger charge is -2.31. The second-order valence-corrected chi connectivity index (χ2v) is 6.35. The Kier molecular flexibility index (Phi) is 8.86. The minimum Gasteiger partial charge on any atom is -0.355 e. The SMILES string of the molecule is CC(C)CCCCCCNC(=O)C(C)N1CCNCC1. The summed E-state index contributed by atoms with van der Waals surface area (Å²) in [5.41, 5.74) is 0. The molecule has 4 heteroatoms. The Morgan fingerprint density at radius 1 is 1.10 bits per heavy atom. The minimum absolute atomic E-state index is 0.0121. The highest BCUT2D eigenvalue weighted by atomic mass is 16.2. The first kappa shape index (κ1) is 17.4. The molecule has 20 heavy (non-hydrogen) atoms. The van der Waals surface area contributed by atoms with Crippen LogP contribution in [0, 0.1) is 5.92 Å². The normalized spacial score (nSPS) is 18.2. The predicted octanol–water partition coefficient (Wildman–Crippen LogP) is 2.00. The Hall–Kier alpha value is -0.610. The molecule has 0 aromatic heterocycles. The lowest BCUT2D eigenvalue weighted by Crippen LogP contribution is -2.52. The summed E-state index contributed by atoms with van der Waals surface area (Å²) in [4.78, 5) is 14.3. The van der Waals surface area contributed by atoms with Crippen molar-refractivity contribution >= 4 is 5.91 Å². The molecule has 1 aliphatic rings. The Bertz CT molecular complexity index is 262. The summed E-state index contributed by atoms with van der Waals surface area (Å²) in [5, 5.41) is 6.39. The van der Waals surface area contributed by atoms with Crippen LogP contribution in [0.5, 0.6) is 0 Å². The Morgan fingerprint density at radius 3 is 2.40 bits per heavy atom. The van der Waals surface area contributed by atoms with Crippen LogP contribution in [-0.4, -0.2) is 49.6 Å². The summed E-state index contributed by atoms with van der Waals surface area (Å²) in [7, 11) is 0. The van der Waals surface area contributed by atoms with Crippen molar-refractivity contribution in [1.29, 1.82) is 0 Å². The van der Waals surface area contributed by atoms with Crippen molar-refractivity contribution in [3.05, 3.63) is 0 Å². The lowest BCUT2D eigenvalue weighted by molar-refractivity contribution is -0.126. The van der Waals surface area contributed by atoms with Crippen LogP contribution in [0.25, 0.3) is 0 Å². The summed E-state index contributed by atoms with van der Waals surface area (Å²) in [5.74, 6) is 1.00. The largest absolute Gasteiger partial charge is 0.355 e. The molecule has 0 aliphatic carbocycles. The van der Waals surface area contributed by atoms with E-state index in [2.05, 4.69) is 29.4 Å². The van der Waals surface area contributed by atoms with E-state index in [1.165, 1.54) is 25.7 Å². The van der Waals surface area contributed by atoms with Crippen molar-refractivity contribution in [2.45, 2.75) is 58.9 Å². The number of hydrogen-bond acceptors (Lipinski definition) is 3. The number of piperazine rings is 1. The number of carbonyl (C=O) groups excluding carboxylic acids is 1. The summed E-state index contributed by atoms with van der Waals surface area (Å²) in [6.07, 6.45) is 6.28. The second kappa shape index (κ2) is 10.2. The van der Waals surface area contributed by atoms with Gasteiger partial charge in [0.25, 0.3) is 0 Å². The fourth-order valence-electron chi connectivity index (χ4n) is 2.63. The molecular formula is C16H33N3O. The average molecular weight is 283 g/mol. The fraction of sp³-hybridized carbons (Fsp3) is 0.938. The predicted molar refractivity (Wildman–Crippen MR) is 84.8 cm³/mol. The van der Waals surface area contributed by atoms with Crippen molar-refractivity contribution in [3.8, 4) is 0 Å². The van der Waals surface area contributed by atoms with Crippen LogP contribution in [0.4, 0.5) is 0 Å². The molecular weight excluding hydrogens is 250 g/mol. The number of amides is 1. The van der Waals surface area contributed by atoms with Gasteiger partial charge in [-0.3, -0.25) is 9.69 Å². The van der Waals surface area contributed by atoms with E-state index in [4.69, 9.17) is 0 Å². The number of nitrogens with one attached hydrogen (secondary N) is 2. The molecule has 0 saturated carbocycles. The van der Waals surface area contributed by atoms with E-state index in [0.717, 1.165) is 45.1 Å². The first-order valence-corrected chi connectivity index (χ1v) is 8.33. The van der Waals surface area contributed by atoms with E-state index in [0.29, 0.717) is 0 Å². The van der Waals surface area contributed by atoms with Gasteiger partial charge in [0.05, 0.1) is 6.04 Å². The molecule has 1 rings (SSSR count). The Labute approximate surface area is 124 Å². The zero-order valence-corrected chi connectivity index (χ0v) is 13.6. The van der Waals surface area contributed by atoms with Crippen LogP contribution in [-0.2, 0) is 4.79 Å². The number of rotatable bonds is 9. The Balaban J connectivity index is 2.01. The van der Waals surface area contributed by atoms with Crippen molar-refractivity contribution < 1.29 is 4.79 Å². The van der Waals surface area contributed by atoms with Gasteiger partial charge in [0, 0.05) is 32.7 Å². The van der Waals surface area contributed by atoms with Crippen LogP contribution in [0.15, 0.2) is 0 Å². The summed E-state index contributed by atoms with van der Waals surface area (Å²) in [6, 6.07) is 0.0121. The van der Waals surface area contributed by atoms with E-state index < -0.39 is 0 Å². The zero-order valence-electron chi connectivity index (χ0n) is 13.6. The lowest BCUT2D eigenvalue weighted by atomic mass is 10.0. The highest BCUT2D eigenvalue weighted by Crippen LogP contribution is 2.09. The van der Waals surface area contributed by atoms with Gasteiger partial charge in [-0.25, -0.2) is 0 Å². The van der Waals surface area contributed by atoms with Gasteiger partial charge in [0.2, 0.25) is 5.91 Å². The summed E-state index contributed by atoms with van der Waals surface area (Å²) >= 11 is 0. The molecule has 0 bridgehead atoms. The van der Waals surface area contributed by atoms with E-state index in [9.17, 15) is 4.79 Å². The van der Waals surface area contributed by atoms with Gasteiger partial charge < -0.3 is 10.6 Å². The van der Waals surface area contributed by atoms with Crippen LogP contribution < -0.4 is 10.6 Å². The quantitative estimate of drug-likeness (QED) is 0.636.